The van der Waals surface area contributed by atoms with Crippen molar-refractivity contribution in [2.75, 3.05) is 0 Å². The summed E-state index contributed by atoms with van der Waals surface area (Å²) in [5.74, 6) is 1.31. The summed E-state index contributed by atoms with van der Waals surface area (Å²) in [5.41, 5.74) is 13.2. The number of rotatable bonds is 7. The van der Waals surface area contributed by atoms with E-state index in [-0.39, 0.29) is 0 Å². The molecule has 0 aliphatic heterocycles. The summed E-state index contributed by atoms with van der Waals surface area (Å²) in [6.45, 7) is 0. The van der Waals surface area contributed by atoms with Crippen LogP contribution in [0.3, 0.4) is 0 Å². The summed E-state index contributed by atoms with van der Waals surface area (Å²) in [7, 11) is 0. The number of pyridine rings is 2. The third kappa shape index (κ3) is 6.35. The molecule has 6 nitrogen and oxygen atoms in total. The number of nitrogens with zero attached hydrogens (tertiary/aromatic N) is 6. The molecule has 0 N–H and O–H groups in total. The van der Waals surface area contributed by atoms with Crippen LogP contribution in [0.25, 0.3) is 101 Å². The molecule has 6 heteroatoms. The second-order valence-electron chi connectivity index (χ2n) is 13.6. The topological polar surface area (TPSA) is 77.3 Å². The summed E-state index contributed by atoms with van der Waals surface area (Å²) < 4.78 is 0. The maximum atomic E-state index is 5.10. The van der Waals surface area contributed by atoms with Gasteiger partial charge >= 0.3 is 0 Å². The molecule has 0 aliphatic rings. The standard InChI is InChI=1S/C50H32N6/c1-3-11-35(12-4-1)43-31-45(41-19-7-15-37-17-9-29-51-47(37)41)55-49(53-43)39-25-21-33(22-26-39)34-23-27-40(28-24-34)50-54-44(36-13-5-2-6-14-36)32-46(56-50)42-20-8-16-38-18-10-30-52-48(38)42/h1-32H. The predicted octanol–water partition coefficient (Wildman–Crippen LogP) is 12.0. The summed E-state index contributed by atoms with van der Waals surface area (Å²) >= 11 is 0. The first-order chi connectivity index (χ1) is 27.7. The number of hydrogen-bond acceptors (Lipinski definition) is 6. The molecule has 0 amide bonds. The van der Waals surface area contributed by atoms with Crippen LogP contribution in [0.1, 0.15) is 0 Å². The van der Waals surface area contributed by atoms with E-state index in [2.05, 4.69) is 133 Å². The molecule has 0 unspecified atom stereocenters. The van der Waals surface area contributed by atoms with Crippen molar-refractivity contribution in [1.82, 2.24) is 29.9 Å². The van der Waals surface area contributed by atoms with Crippen molar-refractivity contribution in [3.8, 4) is 78.9 Å². The van der Waals surface area contributed by atoms with Gasteiger partial charge in [0.25, 0.3) is 0 Å². The van der Waals surface area contributed by atoms with E-state index in [0.29, 0.717) is 11.6 Å². The van der Waals surface area contributed by atoms with Gasteiger partial charge in [-0.2, -0.15) is 0 Å². The molecule has 4 aromatic heterocycles. The lowest BCUT2D eigenvalue weighted by molar-refractivity contribution is 1.18. The number of hydrogen-bond donors (Lipinski definition) is 0. The van der Waals surface area contributed by atoms with Crippen LogP contribution in [0.15, 0.2) is 194 Å². The Hall–Kier alpha value is -7.70. The third-order valence-corrected chi connectivity index (χ3v) is 10.0. The normalized spacial score (nSPS) is 11.2. The van der Waals surface area contributed by atoms with Crippen LogP contribution in [0, 0.1) is 0 Å². The van der Waals surface area contributed by atoms with Gasteiger partial charge in [0, 0.05) is 56.5 Å². The van der Waals surface area contributed by atoms with Crippen LogP contribution >= 0.6 is 0 Å². The van der Waals surface area contributed by atoms with E-state index in [4.69, 9.17) is 29.9 Å². The zero-order valence-electron chi connectivity index (χ0n) is 30.2. The van der Waals surface area contributed by atoms with E-state index in [1.807, 2.05) is 60.9 Å². The fourth-order valence-corrected chi connectivity index (χ4v) is 7.19. The SMILES string of the molecule is c1ccc(-c2cc(-c3cccc4cccnc34)nc(-c3ccc(-c4ccc(-c5nc(-c6ccccc6)cc(-c6cccc7cccnc67)n5)cc4)cc3)n2)cc1. The van der Waals surface area contributed by atoms with Gasteiger partial charge in [-0.25, -0.2) is 19.9 Å². The van der Waals surface area contributed by atoms with Gasteiger partial charge in [0.1, 0.15) is 0 Å². The highest BCUT2D eigenvalue weighted by molar-refractivity contribution is 5.94. The molecule has 6 aromatic carbocycles. The highest BCUT2D eigenvalue weighted by Gasteiger charge is 2.15. The van der Waals surface area contributed by atoms with Crippen LogP contribution in [-0.2, 0) is 0 Å². The van der Waals surface area contributed by atoms with Gasteiger partial charge in [0.2, 0.25) is 0 Å². The quantitative estimate of drug-likeness (QED) is 0.163. The largest absolute Gasteiger partial charge is 0.256 e. The Labute approximate surface area is 324 Å². The van der Waals surface area contributed by atoms with Gasteiger partial charge in [-0.15, -0.1) is 0 Å². The second-order valence-corrected chi connectivity index (χ2v) is 13.6. The molecule has 0 radical (unpaired) electrons. The van der Waals surface area contributed by atoms with Gasteiger partial charge in [-0.1, -0.05) is 158 Å². The van der Waals surface area contributed by atoms with E-state index in [1.54, 1.807) is 0 Å². The second kappa shape index (κ2) is 14.3. The molecular weight excluding hydrogens is 685 g/mol. The van der Waals surface area contributed by atoms with Crippen molar-refractivity contribution in [2.45, 2.75) is 0 Å². The zero-order valence-corrected chi connectivity index (χ0v) is 30.2. The lowest BCUT2D eigenvalue weighted by Gasteiger charge is -2.12. The molecule has 0 aliphatic carbocycles. The smallest absolute Gasteiger partial charge is 0.160 e. The lowest BCUT2D eigenvalue weighted by atomic mass is 10.0. The molecular formula is C50H32N6. The lowest BCUT2D eigenvalue weighted by Crippen LogP contribution is -1.97. The molecule has 0 saturated carbocycles. The Morgan fingerprint density at radius 1 is 0.268 bits per heavy atom. The number of aromatic nitrogens is 6. The molecule has 4 heterocycles. The van der Waals surface area contributed by atoms with E-state index in [9.17, 15) is 0 Å². The molecule has 0 fully saturated rings. The maximum Gasteiger partial charge on any atom is 0.160 e. The van der Waals surface area contributed by atoms with E-state index < -0.39 is 0 Å². The molecule has 10 rings (SSSR count). The molecule has 0 bridgehead atoms. The Bertz CT molecular complexity index is 2780. The Balaban J connectivity index is 1.000. The molecule has 56 heavy (non-hydrogen) atoms. The van der Waals surface area contributed by atoms with Crippen LogP contribution in [0.2, 0.25) is 0 Å². The molecule has 0 saturated heterocycles. The highest BCUT2D eigenvalue weighted by atomic mass is 14.9. The first kappa shape index (κ1) is 32.9. The summed E-state index contributed by atoms with van der Waals surface area (Å²) in [6, 6.07) is 61.9. The summed E-state index contributed by atoms with van der Waals surface area (Å²) in [6.07, 6.45) is 3.65. The van der Waals surface area contributed by atoms with Crippen LogP contribution in [-0.4, -0.2) is 29.9 Å². The van der Waals surface area contributed by atoms with Gasteiger partial charge in [0.15, 0.2) is 11.6 Å². The summed E-state index contributed by atoms with van der Waals surface area (Å²) in [4.78, 5) is 29.7. The molecule has 262 valence electrons. The Morgan fingerprint density at radius 2 is 0.643 bits per heavy atom. The minimum atomic E-state index is 0.656. The van der Waals surface area contributed by atoms with Crippen molar-refractivity contribution in [3.63, 3.8) is 0 Å². The Kier molecular flexibility index (Phi) is 8.39. The van der Waals surface area contributed by atoms with Crippen molar-refractivity contribution >= 4 is 21.8 Å². The Morgan fingerprint density at radius 3 is 1.07 bits per heavy atom. The average Bonchev–Trinajstić information content (AvgIpc) is 3.29. The van der Waals surface area contributed by atoms with Gasteiger partial charge in [-0.05, 0) is 35.4 Å². The number of para-hydroxylation sites is 2. The first-order valence-corrected chi connectivity index (χ1v) is 18.5. The zero-order chi connectivity index (χ0) is 37.3. The summed E-state index contributed by atoms with van der Waals surface area (Å²) in [5, 5.41) is 2.14. The number of fused-ring (bicyclic) bond motifs is 2. The monoisotopic (exact) mass is 716 g/mol. The van der Waals surface area contributed by atoms with Crippen LogP contribution in [0.4, 0.5) is 0 Å². The minimum absolute atomic E-state index is 0.656. The van der Waals surface area contributed by atoms with Crippen molar-refractivity contribution in [2.24, 2.45) is 0 Å². The molecule has 0 spiro atoms. The van der Waals surface area contributed by atoms with Gasteiger partial charge in [-0.3, -0.25) is 9.97 Å². The van der Waals surface area contributed by atoms with Gasteiger partial charge < -0.3 is 0 Å². The van der Waals surface area contributed by atoms with E-state index >= 15 is 0 Å². The highest BCUT2D eigenvalue weighted by Crippen LogP contribution is 2.34. The van der Waals surface area contributed by atoms with Crippen LogP contribution in [0.5, 0.6) is 0 Å². The minimum Gasteiger partial charge on any atom is -0.256 e. The van der Waals surface area contributed by atoms with Crippen LogP contribution < -0.4 is 0 Å². The van der Waals surface area contributed by atoms with E-state index in [0.717, 1.165) is 89.1 Å². The first-order valence-electron chi connectivity index (χ1n) is 18.5. The fraction of sp³-hybridized carbons (Fsp3) is 0. The third-order valence-electron chi connectivity index (χ3n) is 10.0. The predicted molar refractivity (Wildman–Crippen MR) is 226 cm³/mol. The van der Waals surface area contributed by atoms with Crippen molar-refractivity contribution in [1.29, 1.82) is 0 Å². The van der Waals surface area contributed by atoms with E-state index in [1.165, 1.54) is 0 Å². The molecule has 10 aromatic rings. The molecule has 0 atom stereocenters. The van der Waals surface area contributed by atoms with Crippen molar-refractivity contribution < 1.29 is 0 Å². The average molecular weight is 717 g/mol. The van der Waals surface area contributed by atoms with Crippen molar-refractivity contribution in [3.05, 3.63) is 194 Å². The maximum absolute atomic E-state index is 5.10. The number of benzene rings is 6. The fourth-order valence-electron chi connectivity index (χ4n) is 7.19. The van der Waals surface area contributed by atoms with Gasteiger partial charge in [0.05, 0.1) is 33.8 Å².